The molecule has 1 nitrogen and oxygen atoms in total. The minimum Gasteiger partial charge on any atom is -0.494 e. The van der Waals surface area contributed by atoms with Crippen LogP contribution in [-0.2, 0) is 0 Å². The zero-order chi connectivity index (χ0) is 12.6. The molecule has 0 amide bonds. The predicted octanol–water partition coefficient (Wildman–Crippen LogP) is 4.65. The second-order valence-corrected chi connectivity index (χ2v) is 4.16. The quantitative estimate of drug-likeness (QED) is 0.689. The predicted molar refractivity (Wildman–Crippen MR) is 77.6 cm³/mol. The van der Waals surface area contributed by atoms with E-state index in [1.54, 1.807) is 0 Å². The molecule has 0 radical (unpaired) electrons. The molecule has 0 atom stereocenters. The van der Waals surface area contributed by atoms with Crippen molar-refractivity contribution in [1.29, 1.82) is 0 Å². The normalized spacial score (nSPS) is 10.7. The SMILES string of the molecule is CCCOc1cccc(C=Cc2ccccc2)c1. The second-order valence-electron chi connectivity index (χ2n) is 4.16. The summed E-state index contributed by atoms with van der Waals surface area (Å²) in [5.74, 6) is 0.937. The molecule has 0 saturated carbocycles. The van der Waals surface area contributed by atoms with Crippen LogP contribution in [0.25, 0.3) is 12.2 Å². The van der Waals surface area contributed by atoms with Crippen molar-refractivity contribution < 1.29 is 4.74 Å². The van der Waals surface area contributed by atoms with Crippen molar-refractivity contribution in [1.82, 2.24) is 0 Å². The fraction of sp³-hybridized carbons (Fsp3) is 0.176. The van der Waals surface area contributed by atoms with Gasteiger partial charge in [0, 0.05) is 0 Å². The molecule has 0 fully saturated rings. The monoisotopic (exact) mass is 238 g/mol. The Morgan fingerprint density at radius 1 is 0.889 bits per heavy atom. The van der Waals surface area contributed by atoms with Gasteiger partial charge in [0.25, 0.3) is 0 Å². The van der Waals surface area contributed by atoms with E-state index in [-0.39, 0.29) is 0 Å². The van der Waals surface area contributed by atoms with Crippen molar-refractivity contribution in [2.45, 2.75) is 13.3 Å². The van der Waals surface area contributed by atoms with Gasteiger partial charge in [-0.15, -0.1) is 0 Å². The molecule has 1 heteroatoms. The Hall–Kier alpha value is -2.02. The average molecular weight is 238 g/mol. The summed E-state index contributed by atoms with van der Waals surface area (Å²) in [6, 6.07) is 18.5. The van der Waals surface area contributed by atoms with Gasteiger partial charge in [-0.1, -0.05) is 61.5 Å². The fourth-order valence-corrected chi connectivity index (χ4v) is 1.68. The summed E-state index contributed by atoms with van der Waals surface area (Å²) in [4.78, 5) is 0. The van der Waals surface area contributed by atoms with Gasteiger partial charge >= 0.3 is 0 Å². The van der Waals surface area contributed by atoms with E-state index in [9.17, 15) is 0 Å². The van der Waals surface area contributed by atoms with Crippen LogP contribution in [0.2, 0.25) is 0 Å². The molecule has 18 heavy (non-hydrogen) atoms. The van der Waals surface area contributed by atoms with Gasteiger partial charge in [0.2, 0.25) is 0 Å². The smallest absolute Gasteiger partial charge is 0.119 e. The summed E-state index contributed by atoms with van der Waals surface area (Å²) in [5, 5.41) is 0. The zero-order valence-corrected chi connectivity index (χ0v) is 10.7. The molecule has 0 N–H and O–H groups in total. The lowest BCUT2D eigenvalue weighted by Gasteiger charge is -2.04. The Morgan fingerprint density at radius 2 is 1.61 bits per heavy atom. The van der Waals surface area contributed by atoms with Gasteiger partial charge in [-0.05, 0) is 29.7 Å². The molecule has 2 aromatic carbocycles. The van der Waals surface area contributed by atoms with Gasteiger partial charge in [0.15, 0.2) is 0 Å². The molecule has 2 aromatic rings. The van der Waals surface area contributed by atoms with E-state index in [0.29, 0.717) is 0 Å². The van der Waals surface area contributed by atoms with Crippen LogP contribution in [0.4, 0.5) is 0 Å². The van der Waals surface area contributed by atoms with Crippen LogP contribution in [0.1, 0.15) is 24.5 Å². The highest BCUT2D eigenvalue weighted by Crippen LogP contribution is 2.16. The van der Waals surface area contributed by atoms with E-state index in [2.05, 4.69) is 43.3 Å². The summed E-state index contributed by atoms with van der Waals surface area (Å²) in [6.45, 7) is 2.88. The van der Waals surface area contributed by atoms with E-state index in [0.717, 1.165) is 24.3 Å². The van der Waals surface area contributed by atoms with Crippen molar-refractivity contribution in [2.75, 3.05) is 6.61 Å². The van der Waals surface area contributed by atoms with Crippen LogP contribution in [0.15, 0.2) is 54.6 Å². The molecular weight excluding hydrogens is 220 g/mol. The first kappa shape index (κ1) is 12.4. The van der Waals surface area contributed by atoms with Crippen molar-refractivity contribution >= 4 is 12.2 Å². The molecule has 0 aliphatic rings. The van der Waals surface area contributed by atoms with E-state index >= 15 is 0 Å². The lowest BCUT2D eigenvalue weighted by Crippen LogP contribution is -1.94. The molecule has 0 spiro atoms. The summed E-state index contributed by atoms with van der Waals surface area (Å²) in [5.41, 5.74) is 2.37. The highest BCUT2D eigenvalue weighted by Gasteiger charge is 1.93. The lowest BCUT2D eigenvalue weighted by molar-refractivity contribution is 0.317. The highest BCUT2D eigenvalue weighted by atomic mass is 16.5. The lowest BCUT2D eigenvalue weighted by atomic mass is 10.1. The Kier molecular flexibility index (Phi) is 4.60. The summed E-state index contributed by atoms with van der Waals surface area (Å²) >= 11 is 0. The van der Waals surface area contributed by atoms with Gasteiger partial charge in [0.1, 0.15) is 5.75 Å². The molecular formula is C17H18O. The Morgan fingerprint density at radius 3 is 2.39 bits per heavy atom. The van der Waals surface area contributed by atoms with Crippen LogP contribution in [0, 0.1) is 0 Å². The van der Waals surface area contributed by atoms with Crippen molar-refractivity contribution in [3.63, 3.8) is 0 Å². The van der Waals surface area contributed by atoms with Crippen LogP contribution < -0.4 is 4.74 Å². The van der Waals surface area contributed by atoms with Crippen LogP contribution in [-0.4, -0.2) is 6.61 Å². The maximum atomic E-state index is 5.61. The van der Waals surface area contributed by atoms with Crippen molar-refractivity contribution in [3.05, 3.63) is 65.7 Å². The number of ether oxygens (including phenoxy) is 1. The first-order chi connectivity index (χ1) is 8.88. The van der Waals surface area contributed by atoms with E-state index < -0.39 is 0 Å². The van der Waals surface area contributed by atoms with E-state index in [1.807, 2.05) is 30.3 Å². The maximum Gasteiger partial charge on any atom is 0.119 e. The molecule has 2 rings (SSSR count). The van der Waals surface area contributed by atoms with Gasteiger partial charge in [0.05, 0.1) is 6.61 Å². The molecule has 0 aliphatic carbocycles. The average Bonchev–Trinajstić information content (AvgIpc) is 2.44. The standard InChI is InChI=1S/C17H18O/c1-2-13-18-17-10-6-9-16(14-17)12-11-15-7-4-3-5-8-15/h3-12,14H,2,13H2,1H3. The number of benzene rings is 2. The third kappa shape index (κ3) is 3.77. The minimum absolute atomic E-state index is 0.770. The molecule has 0 heterocycles. The van der Waals surface area contributed by atoms with Crippen LogP contribution in [0.3, 0.4) is 0 Å². The molecule has 92 valence electrons. The summed E-state index contributed by atoms with van der Waals surface area (Å²) in [6.07, 6.45) is 5.25. The minimum atomic E-state index is 0.770. The fourth-order valence-electron chi connectivity index (χ4n) is 1.68. The molecule has 0 saturated heterocycles. The van der Waals surface area contributed by atoms with Gasteiger partial charge in [-0.2, -0.15) is 0 Å². The van der Waals surface area contributed by atoms with E-state index in [1.165, 1.54) is 5.56 Å². The Bertz CT molecular complexity index is 500. The third-order valence-corrected chi connectivity index (χ3v) is 2.60. The first-order valence-corrected chi connectivity index (χ1v) is 6.34. The Balaban J connectivity index is 2.07. The Labute approximate surface area is 109 Å². The van der Waals surface area contributed by atoms with Crippen LogP contribution >= 0.6 is 0 Å². The maximum absolute atomic E-state index is 5.61. The number of hydrogen-bond donors (Lipinski definition) is 0. The largest absolute Gasteiger partial charge is 0.494 e. The topological polar surface area (TPSA) is 9.23 Å². The van der Waals surface area contributed by atoms with Gasteiger partial charge in [-0.3, -0.25) is 0 Å². The molecule has 0 aromatic heterocycles. The summed E-state index contributed by atoms with van der Waals surface area (Å²) in [7, 11) is 0. The van der Waals surface area contributed by atoms with Crippen LogP contribution in [0.5, 0.6) is 5.75 Å². The molecule has 0 aliphatic heterocycles. The highest BCUT2D eigenvalue weighted by molar-refractivity contribution is 5.70. The number of hydrogen-bond acceptors (Lipinski definition) is 1. The van der Waals surface area contributed by atoms with Crippen molar-refractivity contribution in [2.24, 2.45) is 0 Å². The summed E-state index contributed by atoms with van der Waals surface area (Å²) < 4.78 is 5.61. The zero-order valence-electron chi connectivity index (χ0n) is 10.7. The third-order valence-electron chi connectivity index (χ3n) is 2.60. The molecule has 0 bridgehead atoms. The van der Waals surface area contributed by atoms with E-state index in [4.69, 9.17) is 4.74 Å². The number of rotatable bonds is 5. The van der Waals surface area contributed by atoms with Crippen molar-refractivity contribution in [3.8, 4) is 5.75 Å². The molecule has 0 unspecified atom stereocenters. The van der Waals surface area contributed by atoms with Gasteiger partial charge < -0.3 is 4.74 Å². The first-order valence-electron chi connectivity index (χ1n) is 6.34. The second kappa shape index (κ2) is 6.65. The van der Waals surface area contributed by atoms with Gasteiger partial charge in [-0.25, -0.2) is 0 Å².